The first-order chi connectivity index (χ1) is 6.93. The maximum Gasteiger partial charge on any atom is 0.330 e. The van der Waals surface area contributed by atoms with Gasteiger partial charge in [0.25, 0.3) is 0 Å². The van der Waals surface area contributed by atoms with Crippen molar-refractivity contribution < 1.29 is 24.5 Å². The lowest BCUT2D eigenvalue weighted by Crippen LogP contribution is -2.13. The van der Waals surface area contributed by atoms with E-state index in [1.54, 1.807) is 6.92 Å². The minimum atomic E-state index is -0.891. The van der Waals surface area contributed by atoms with Crippen LogP contribution in [0.1, 0.15) is 13.8 Å². The Balaban J connectivity index is 0. The van der Waals surface area contributed by atoms with E-state index >= 15 is 0 Å². The van der Waals surface area contributed by atoms with Gasteiger partial charge >= 0.3 is 11.9 Å². The van der Waals surface area contributed by atoms with Gasteiger partial charge in [0, 0.05) is 12.2 Å². The third-order valence-corrected chi connectivity index (χ3v) is 0.943. The predicted octanol–water partition coefficient (Wildman–Crippen LogP) is 0.744. The van der Waals surface area contributed by atoms with Crippen LogP contribution in [0.15, 0.2) is 24.8 Å². The highest BCUT2D eigenvalue weighted by molar-refractivity contribution is 5.81. The number of hydrogen-bond acceptors (Lipinski definition) is 4. The molecular weight excluding hydrogens is 200 g/mol. The number of rotatable bonds is 4. The molecule has 5 heteroatoms. The highest BCUT2D eigenvalue weighted by atomic mass is 16.5. The molecule has 0 rings (SSSR count). The number of carboxylic acids is 1. The second-order valence-electron chi connectivity index (χ2n) is 2.52. The van der Waals surface area contributed by atoms with Gasteiger partial charge in [-0.05, 0) is 13.8 Å². The van der Waals surface area contributed by atoms with Gasteiger partial charge in [-0.2, -0.15) is 0 Å². The van der Waals surface area contributed by atoms with Gasteiger partial charge in [-0.25, -0.2) is 9.59 Å². The van der Waals surface area contributed by atoms with E-state index in [0.29, 0.717) is 0 Å². The average molecular weight is 216 g/mol. The number of aliphatic hydroxyl groups excluding tert-OH is 1. The molecule has 0 aromatic carbocycles. The molecule has 1 atom stereocenters. The van der Waals surface area contributed by atoms with Crippen molar-refractivity contribution >= 4 is 11.9 Å². The SMILES string of the molecule is C/C=C/C(=O)O.C=CC(=O)OCC(C)O. The normalized spacial score (nSPS) is 11.1. The van der Waals surface area contributed by atoms with Gasteiger partial charge in [-0.1, -0.05) is 12.7 Å². The van der Waals surface area contributed by atoms with E-state index in [0.717, 1.165) is 12.2 Å². The molecule has 15 heavy (non-hydrogen) atoms. The molecule has 0 heterocycles. The van der Waals surface area contributed by atoms with Crippen LogP contribution in [0, 0.1) is 0 Å². The summed E-state index contributed by atoms with van der Waals surface area (Å²) in [5.41, 5.74) is 0. The van der Waals surface area contributed by atoms with E-state index < -0.39 is 18.0 Å². The Bertz CT molecular complexity index is 230. The number of ether oxygens (including phenoxy) is 1. The lowest BCUT2D eigenvalue weighted by Gasteiger charge is -2.02. The van der Waals surface area contributed by atoms with Crippen LogP contribution in [0.2, 0.25) is 0 Å². The Hall–Kier alpha value is -1.62. The standard InChI is InChI=1S/C6H10O3.C4H6O2/c1-3-6(8)9-4-5(2)7;1-2-3-4(5)6/h3,5,7H,1,4H2,2H3;2-3H,1H3,(H,5,6)/b;3-2+. The molecule has 0 aromatic rings. The average Bonchev–Trinajstić information content (AvgIpc) is 2.14. The van der Waals surface area contributed by atoms with Crippen LogP contribution >= 0.6 is 0 Å². The van der Waals surface area contributed by atoms with E-state index in [1.807, 2.05) is 0 Å². The fourth-order valence-corrected chi connectivity index (χ4v) is 0.404. The van der Waals surface area contributed by atoms with Crippen molar-refractivity contribution in [2.75, 3.05) is 6.61 Å². The molecule has 0 saturated carbocycles. The van der Waals surface area contributed by atoms with Crippen LogP contribution < -0.4 is 0 Å². The maximum absolute atomic E-state index is 10.3. The third kappa shape index (κ3) is 19.0. The quantitative estimate of drug-likeness (QED) is 0.535. The lowest BCUT2D eigenvalue weighted by atomic mass is 10.4. The molecule has 0 aliphatic heterocycles. The van der Waals surface area contributed by atoms with E-state index in [9.17, 15) is 9.59 Å². The van der Waals surface area contributed by atoms with Crippen LogP contribution in [0.3, 0.4) is 0 Å². The number of carbonyl (C=O) groups is 2. The van der Waals surface area contributed by atoms with Gasteiger partial charge < -0.3 is 14.9 Å². The highest BCUT2D eigenvalue weighted by Crippen LogP contribution is 1.83. The molecule has 86 valence electrons. The summed E-state index contributed by atoms with van der Waals surface area (Å²) in [5.74, 6) is -1.39. The summed E-state index contributed by atoms with van der Waals surface area (Å²) in [6, 6.07) is 0. The summed E-state index contributed by atoms with van der Waals surface area (Å²) >= 11 is 0. The van der Waals surface area contributed by atoms with E-state index in [4.69, 9.17) is 10.2 Å². The number of aliphatic carboxylic acids is 1. The van der Waals surface area contributed by atoms with E-state index in [2.05, 4.69) is 11.3 Å². The smallest absolute Gasteiger partial charge is 0.330 e. The largest absolute Gasteiger partial charge is 0.478 e. The fourth-order valence-electron chi connectivity index (χ4n) is 0.404. The van der Waals surface area contributed by atoms with E-state index in [1.165, 1.54) is 13.0 Å². The second kappa shape index (κ2) is 10.5. The van der Waals surface area contributed by atoms with Crippen molar-refractivity contribution in [1.29, 1.82) is 0 Å². The summed E-state index contributed by atoms with van der Waals surface area (Å²) in [6.07, 6.45) is 3.01. The number of carbonyl (C=O) groups excluding carboxylic acids is 1. The van der Waals surface area contributed by atoms with Crippen LogP contribution in [-0.2, 0) is 14.3 Å². The summed E-state index contributed by atoms with van der Waals surface area (Å²) < 4.78 is 4.45. The van der Waals surface area contributed by atoms with Crippen molar-refractivity contribution in [2.24, 2.45) is 0 Å². The van der Waals surface area contributed by atoms with Gasteiger partial charge in [-0.3, -0.25) is 0 Å². The molecule has 5 nitrogen and oxygen atoms in total. The summed E-state index contributed by atoms with van der Waals surface area (Å²) in [4.78, 5) is 19.8. The third-order valence-electron chi connectivity index (χ3n) is 0.943. The van der Waals surface area contributed by atoms with Gasteiger partial charge in [0.15, 0.2) is 0 Å². The highest BCUT2D eigenvalue weighted by Gasteiger charge is 1.98. The van der Waals surface area contributed by atoms with Crippen molar-refractivity contribution in [3.63, 3.8) is 0 Å². The fraction of sp³-hybridized carbons (Fsp3) is 0.400. The first kappa shape index (κ1) is 15.8. The molecule has 0 aliphatic rings. The number of aliphatic hydroxyl groups is 1. The van der Waals surface area contributed by atoms with Crippen LogP contribution in [0.4, 0.5) is 0 Å². The zero-order valence-electron chi connectivity index (χ0n) is 8.84. The van der Waals surface area contributed by atoms with Crippen molar-refractivity contribution in [2.45, 2.75) is 20.0 Å². The molecule has 0 saturated heterocycles. The maximum atomic E-state index is 10.3. The van der Waals surface area contributed by atoms with Gasteiger partial charge in [0.05, 0.1) is 6.10 Å². The zero-order valence-corrected chi connectivity index (χ0v) is 8.84. The number of hydrogen-bond donors (Lipinski definition) is 2. The molecule has 0 aliphatic carbocycles. The summed E-state index contributed by atoms with van der Waals surface area (Å²) in [5, 5.41) is 16.4. The minimum Gasteiger partial charge on any atom is -0.478 e. The number of esters is 1. The Labute approximate surface area is 88.7 Å². The molecule has 0 amide bonds. The Morgan fingerprint density at radius 3 is 2.27 bits per heavy atom. The first-order valence-corrected chi connectivity index (χ1v) is 4.26. The molecule has 2 N–H and O–H groups in total. The molecular formula is C10H16O5. The predicted molar refractivity (Wildman–Crippen MR) is 55.3 cm³/mol. The van der Waals surface area contributed by atoms with Crippen LogP contribution in [0.25, 0.3) is 0 Å². The summed E-state index contributed by atoms with van der Waals surface area (Å²) in [6.45, 7) is 6.41. The van der Waals surface area contributed by atoms with E-state index in [-0.39, 0.29) is 6.61 Å². The molecule has 0 bridgehead atoms. The van der Waals surface area contributed by atoms with Crippen molar-refractivity contribution in [1.82, 2.24) is 0 Å². The molecule has 0 spiro atoms. The topological polar surface area (TPSA) is 83.8 Å². The Kier molecular flexibility index (Phi) is 11.0. The van der Waals surface area contributed by atoms with Crippen LogP contribution in [0.5, 0.6) is 0 Å². The Morgan fingerprint density at radius 2 is 2.07 bits per heavy atom. The van der Waals surface area contributed by atoms with Crippen molar-refractivity contribution in [3.05, 3.63) is 24.8 Å². The molecule has 0 fully saturated rings. The zero-order chi connectivity index (χ0) is 12.3. The molecule has 1 unspecified atom stereocenters. The summed E-state index contributed by atoms with van der Waals surface area (Å²) in [7, 11) is 0. The van der Waals surface area contributed by atoms with Gasteiger partial charge in [-0.15, -0.1) is 0 Å². The number of allylic oxidation sites excluding steroid dienone is 1. The second-order valence-corrected chi connectivity index (χ2v) is 2.52. The Morgan fingerprint density at radius 1 is 1.53 bits per heavy atom. The lowest BCUT2D eigenvalue weighted by molar-refractivity contribution is -0.140. The van der Waals surface area contributed by atoms with Gasteiger partial charge in [0.2, 0.25) is 0 Å². The first-order valence-electron chi connectivity index (χ1n) is 4.26. The van der Waals surface area contributed by atoms with Crippen LogP contribution in [-0.4, -0.2) is 34.9 Å². The van der Waals surface area contributed by atoms with Crippen molar-refractivity contribution in [3.8, 4) is 0 Å². The van der Waals surface area contributed by atoms with Gasteiger partial charge in [0.1, 0.15) is 6.61 Å². The minimum absolute atomic E-state index is 0.0326. The number of carboxylic acid groups (broad SMARTS) is 1. The molecule has 0 aromatic heterocycles. The monoisotopic (exact) mass is 216 g/mol. The molecule has 0 radical (unpaired) electrons.